The third kappa shape index (κ3) is 4.77. The Kier molecular flexibility index (Phi) is 5.00. The number of rotatable bonds is 4. The third-order valence-corrected chi connectivity index (χ3v) is 5.69. The van der Waals surface area contributed by atoms with Gasteiger partial charge in [-0.15, -0.1) is 0 Å². The van der Waals surface area contributed by atoms with Crippen molar-refractivity contribution < 1.29 is 13.2 Å². The van der Waals surface area contributed by atoms with E-state index in [0.717, 1.165) is 5.56 Å². The third-order valence-electron chi connectivity index (χ3n) is 4.08. The summed E-state index contributed by atoms with van der Waals surface area (Å²) in [5, 5.41) is 2.78. The molecule has 2 heterocycles. The molecule has 0 bridgehead atoms. The summed E-state index contributed by atoms with van der Waals surface area (Å²) in [6.07, 6.45) is 1.51. The van der Waals surface area contributed by atoms with Gasteiger partial charge in [-0.3, -0.25) is 9.69 Å². The lowest BCUT2D eigenvalue weighted by molar-refractivity contribution is 0.102. The summed E-state index contributed by atoms with van der Waals surface area (Å²) in [7, 11) is -2.89. The summed E-state index contributed by atoms with van der Waals surface area (Å²) in [6, 6.07) is 10.6. The van der Waals surface area contributed by atoms with Crippen LogP contribution in [0.25, 0.3) is 0 Å². The number of benzene rings is 1. The topological polar surface area (TPSA) is 105 Å². The van der Waals surface area contributed by atoms with E-state index in [4.69, 9.17) is 5.73 Å². The number of amides is 1. The Morgan fingerprint density at radius 3 is 2.64 bits per heavy atom. The van der Waals surface area contributed by atoms with Crippen LogP contribution in [0.2, 0.25) is 0 Å². The molecule has 0 aliphatic carbocycles. The van der Waals surface area contributed by atoms with E-state index in [-0.39, 0.29) is 17.4 Å². The van der Waals surface area contributed by atoms with Crippen molar-refractivity contribution in [2.24, 2.45) is 0 Å². The van der Waals surface area contributed by atoms with Crippen molar-refractivity contribution >= 4 is 27.2 Å². The number of sulfone groups is 1. The molecule has 0 atom stereocenters. The Morgan fingerprint density at radius 1 is 1.20 bits per heavy atom. The van der Waals surface area contributed by atoms with Crippen molar-refractivity contribution in [1.29, 1.82) is 0 Å². The predicted octanol–water partition coefficient (Wildman–Crippen LogP) is 1.15. The molecule has 3 N–H and O–H groups in total. The van der Waals surface area contributed by atoms with Crippen LogP contribution >= 0.6 is 0 Å². The van der Waals surface area contributed by atoms with Gasteiger partial charge in [0.15, 0.2) is 9.84 Å². The van der Waals surface area contributed by atoms with Crippen LogP contribution in [0.1, 0.15) is 15.9 Å². The molecule has 1 aliphatic rings. The van der Waals surface area contributed by atoms with Crippen molar-refractivity contribution in [1.82, 2.24) is 9.88 Å². The molecule has 8 heteroatoms. The lowest BCUT2D eigenvalue weighted by Gasteiger charge is -2.26. The number of anilines is 2. The highest BCUT2D eigenvalue weighted by molar-refractivity contribution is 7.91. The molecule has 132 valence electrons. The van der Waals surface area contributed by atoms with Gasteiger partial charge in [0.05, 0.1) is 23.4 Å². The second kappa shape index (κ2) is 7.20. The first-order valence-electron chi connectivity index (χ1n) is 7.96. The number of aromatic nitrogens is 1. The van der Waals surface area contributed by atoms with E-state index in [1.54, 1.807) is 18.2 Å². The molecule has 3 rings (SSSR count). The average molecular weight is 360 g/mol. The first kappa shape index (κ1) is 17.4. The van der Waals surface area contributed by atoms with E-state index in [1.165, 1.54) is 6.20 Å². The number of nitrogen functional groups attached to an aromatic ring is 1. The fourth-order valence-electron chi connectivity index (χ4n) is 2.66. The summed E-state index contributed by atoms with van der Waals surface area (Å²) in [5.74, 6) is 0.549. The lowest BCUT2D eigenvalue weighted by Crippen LogP contribution is -2.39. The van der Waals surface area contributed by atoms with Gasteiger partial charge < -0.3 is 11.1 Å². The van der Waals surface area contributed by atoms with Crippen LogP contribution in [0.3, 0.4) is 0 Å². The smallest absolute Gasteiger partial charge is 0.255 e. The van der Waals surface area contributed by atoms with Gasteiger partial charge in [-0.1, -0.05) is 12.1 Å². The maximum atomic E-state index is 12.4. The average Bonchev–Trinajstić information content (AvgIpc) is 2.59. The molecule has 1 aromatic heterocycles. The molecule has 0 spiro atoms. The van der Waals surface area contributed by atoms with Gasteiger partial charge in [0, 0.05) is 25.2 Å². The predicted molar refractivity (Wildman–Crippen MR) is 97.0 cm³/mol. The summed E-state index contributed by atoms with van der Waals surface area (Å²) >= 11 is 0. The van der Waals surface area contributed by atoms with Crippen molar-refractivity contribution in [3.63, 3.8) is 0 Å². The number of nitrogens with two attached hydrogens (primary N) is 1. The summed E-state index contributed by atoms with van der Waals surface area (Å²) in [4.78, 5) is 18.4. The molecule has 0 unspecified atom stereocenters. The van der Waals surface area contributed by atoms with Gasteiger partial charge in [0.25, 0.3) is 5.91 Å². The van der Waals surface area contributed by atoms with Gasteiger partial charge in [0.2, 0.25) is 0 Å². The van der Waals surface area contributed by atoms with Gasteiger partial charge in [-0.25, -0.2) is 13.4 Å². The fraction of sp³-hybridized carbons (Fsp3) is 0.294. The van der Waals surface area contributed by atoms with Gasteiger partial charge in [-0.05, 0) is 29.8 Å². The Morgan fingerprint density at radius 2 is 1.96 bits per heavy atom. The Bertz CT molecular complexity index is 852. The van der Waals surface area contributed by atoms with Crippen LogP contribution in [0.4, 0.5) is 11.5 Å². The molecule has 1 fully saturated rings. The molecule has 1 aliphatic heterocycles. The molecule has 0 radical (unpaired) electrons. The van der Waals surface area contributed by atoms with Crippen LogP contribution in [0.5, 0.6) is 0 Å². The van der Waals surface area contributed by atoms with Gasteiger partial charge in [-0.2, -0.15) is 0 Å². The number of carbonyl (C=O) groups is 1. The number of hydrogen-bond acceptors (Lipinski definition) is 6. The number of carbonyl (C=O) groups excluding carboxylic acids is 1. The standard InChI is InChI=1S/C17H20N4O3S/c18-16-5-4-15(11-19-16)20-17(22)14-3-1-2-13(10-14)12-21-6-8-25(23,24)9-7-21/h1-5,10-11H,6-9,12H2,(H2,18,19)(H,20,22). The molecule has 0 saturated carbocycles. The number of nitrogens with zero attached hydrogens (tertiary/aromatic N) is 2. The molecular weight excluding hydrogens is 340 g/mol. The molecule has 2 aromatic rings. The zero-order chi connectivity index (χ0) is 17.9. The minimum atomic E-state index is -2.89. The minimum absolute atomic E-state index is 0.192. The van der Waals surface area contributed by atoms with Crippen molar-refractivity contribution in [2.75, 3.05) is 35.6 Å². The van der Waals surface area contributed by atoms with Crippen LogP contribution in [0, 0.1) is 0 Å². The second-order valence-corrected chi connectivity index (χ2v) is 8.36. The summed E-state index contributed by atoms with van der Waals surface area (Å²) in [6.45, 7) is 1.67. The van der Waals surface area contributed by atoms with Crippen LogP contribution < -0.4 is 11.1 Å². The Hall–Kier alpha value is -2.45. The first-order chi connectivity index (χ1) is 11.9. The summed E-state index contributed by atoms with van der Waals surface area (Å²) < 4.78 is 23.0. The van der Waals surface area contributed by atoms with E-state index >= 15 is 0 Å². The highest BCUT2D eigenvalue weighted by Crippen LogP contribution is 2.14. The SMILES string of the molecule is Nc1ccc(NC(=O)c2cccc(CN3CCS(=O)(=O)CC3)c2)cn1. The van der Waals surface area contributed by atoms with Gasteiger partial charge >= 0.3 is 0 Å². The molecule has 25 heavy (non-hydrogen) atoms. The highest BCUT2D eigenvalue weighted by Gasteiger charge is 2.21. The molecule has 1 saturated heterocycles. The number of hydrogen-bond donors (Lipinski definition) is 2. The maximum absolute atomic E-state index is 12.4. The first-order valence-corrected chi connectivity index (χ1v) is 9.78. The molecular formula is C17H20N4O3S. The van der Waals surface area contributed by atoms with E-state index in [9.17, 15) is 13.2 Å². The Balaban J connectivity index is 1.64. The second-order valence-electron chi connectivity index (χ2n) is 6.05. The quantitative estimate of drug-likeness (QED) is 0.847. The monoisotopic (exact) mass is 360 g/mol. The molecule has 1 amide bonds. The number of pyridine rings is 1. The van der Waals surface area contributed by atoms with Crippen LogP contribution in [-0.4, -0.2) is 48.8 Å². The largest absolute Gasteiger partial charge is 0.384 e. The van der Waals surface area contributed by atoms with E-state index in [1.807, 2.05) is 18.2 Å². The van der Waals surface area contributed by atoms with Gasteiger partial charge in [0.1, 0.15) is 5.82 Å². The van der Waals surface area contributed by atoms with Crippen molar-refractivity contribution in [2.45, 2.75) is 6.54 Å². The van der Waals surface area contributed by atoms with E-state index in [0.29, 0.717) is 36.7 Å². The minimum Gasteiger partial charge on any atom is -0.384 e. The normalized spacial score (nSPS) is 17.1. The van der Waals surface area contributed by atoms with Crippen LogP contribution in [0.15, 0.2) is 42.6 Å². The molecule has 7 nitrogen and oxygen atoms in total. The molecule has 1 aromatic carbocycles. The van der Waals surface area contributed by atoms with E-state index < -0.39 is 9.84 Å². The zero-order valence-electron chi connectivity index (χ0n) is 13.7. The zero-order valence-corrected chi connectivity index (χ0v) is 14.5. The lowest BCUT2D eigenvalue weighted by atomic mass is 10.1. The van der Waals surface area contributed by atoms with Crippen molar-refractivity contribution in [3.8, 4) is 0 Å². The fourth-order valence-corrected chi connectivity index (χ4v) is 3.94. The summed E-state index contributed by atoms with van der Waals surface area (Å²) in [5.41, 5.74) is 7.62. The maximum Gasteiger partial charge on any atom is 0.255 e. The number of nitrogens with one attached hydrogen (secondary N) is 1. The Labute approximate surface area is 146 Å². The highest BCUT2D eigenvalue weighted by atomic mass is 32.2. The van der Waals surface area contributed by atoms with Crippen LogP contribution in [-0.2, 0) is 16.4 Å². The van der Waals surface area contributed by atoms with E-state index in [2.05, 4.69) is 15.2 Å². The van der Waals surface area contributed by atoms with Crippen molar-refractivity contribution in [3.05, 3.63) is 53.7 Å².